The molecule has 3 aromatic rings. The Morgan fingerprint density at radius 2 is 1.96 bits per heavy atom. The van der Waals surface area contributed by atoms with Gasteiger partial charge in [0.1, 0.15) is 5.75 Å². The molecule has 0 aliphatic rings. The SMILES string of the molecule is Cc1cccc(-c2noc(CN(C)C(=O)CCCOc3ccccc3)n2)c1. The number of benzene rings is 2. The fraction of sp³-hybridized carbons (Fsp3) is 0.286. The molecule has 0 bridgehead atoms. The van der Waals surface area contributed by atoms with Crippen molar-refractivity contribution in [2.75, 3.05) is 13.7 Å². The minimum Gasteiger partial charge on any atom is -0.494 e. The number of ether oxygens (including phenoxy) is 1. The van der Waals surface area contributed by atoms with Crippen molar-refractivity contribution in [3.05, 3.63) is 66.1 Å². The normalized spacial score (nSPS) is 10.6. The molecule has 1 heterocycles. The average Bonchev–Trinajstić information content (AvgIpc) is 3.14. The van der Waals surface area contributed by atoms with Crippen LogP contribution in [0.5, 0.6) is 5.75 Å². The number of amides is 1. The van der Waals surface area contributed by atoms with Crippen LogP contribution in [0.4, 0.5) is 0 Å². The second-order valence-corrected chi connectivity index (χ2v) is 6.40. The van der Waals surface area contributed by atoms with Crippen molar-refractivity contribution in [1.29, 1.82) is 0 Å². The van der Waals surface area contributed by atoms with E-state index in [0.29, 0.717) is 31.2 Å². The van der Waals surface area contributed by atoms with Crippen molar-refractivity contribution in [1.82, 2.24) is 15.0 Å². The van der Waals surface area contributed by atoms with Gasteiger partial charge in [0.25, 0.3) is 0 Å². The Kier molecular flexibility index (Phi) is 6.20. The number of carbonyl (C=O) groups excluding carboxylic acids is 1. The van der Waals surface area contributed by atoms with Gasteiger partial charge in [-0.25, -0.2) is 0 Å². The van der Waals surface area contributed by atoms with Gasteiger partial charge < -0.3 is 14.2 Å². The van der Waals surface area contributed by atoms with E-state index in [-0.39, 0.29) is 12.5 Å². The van der Waals surface area contributed by atoms with Gasteiger partial charge in [0.05, 0.1) is 13.2 Å². The maximum absolute atomic E-state index is 12.3. The summed E-state index contributed by atoms with van der Waals surface area (Å²) >= 11 is 0. The molecule has 0 radical (unpaired) electrons. The van der Waals surface area contributed by atoms with E-state index in [0.717, 1.165) is 16.9 Å². The van der Waals surface area contributed by atoms with E-state index in [1.807, 2.05) is 61.5 Å². The first-order valence-corrected chi connectivity index (χ1v) is 8.93. The van der Waals surface area contributed by atoms with Crippen LogP contribution in [0.25, 0.3) is 11.4 Å². The summed E-state index contributed by atoms with van der Waals surface area (Å²) < 4.78 is 10.9. The summed E-state index contributed by atoms with van der Waals surface area (Å²) in [4.78, 5) is 18.2. The predicted molar refractivity (Wildman–Crippen MR) is 102 cm³/mol. The van der Waals surface area contributed by atoms with Gasteiger partial charge in [-0.1, -0.05) is 47.1 Å². The Balaban J connectivity index is 1.45. The summed E-state index contributed by atoms with van der Waals surface area (Å²) in [5, 5.41) is 4.00. The molecular formula is C21H23N3O3. The first kappa shape index (κ1) is 18.6. The molecule has 140 valence electrons. The lowest BCUT2D eigenvalue weighted by atomic mass is 10.1. The fourth-order valence-electron chi connectivity index (χ4n) is 2.63. The number of aromatic nitrogens is 2. The van der Waals surface area contributed by atoms with Crippen LogP contribution in [0.15, 0.2) is 59.1 Å². The molecule has 0 aliphatic heterocycles. The topological polar surface area (TPSA) is 68.5 Å². The molecule has 6 nitrogen and oxygen atoms in total. The number of carbonyl (C=O) groups is 1. The van der Waals surface area contributed by atoms with Gasteiger partial charge in [-0.05, 0) is 31.5 Å². The zero-order valence-corrected chi connectivity index (χ0v) is 15.6. The average molecular weight is 365 g/mol. The van der Waals surface area contributed by atoms with Crippen molar-refractivity contribution in [3.63, 3.8) is 0 Å². The molecule has 0 spiro atoms. The van der Waals surface area contributed by atoms with Crippen molar-refractivity contribution < 1.29 is 14.1 Å². The molecule has 0 saturated heterocycles. The Labute approximate surface area is 158 Å². The number of nitrogens with zero attached hydrogens (tertiary/aromatic N) is 3. The van der Waals surface area contributed by atoms with E-state index in [2.05, 4.69) is 10.1 Å². The lowest BCUT2D eigenvalue weighted by Crippen LogP contribution is -2.26. The number of hydrogen-bond donors (Lipinski definition) is 0. The fourth-order valence-corrected chi connectivity index (χ4v) is 2.63. The molecule has 27 heavy (non-hydrogen) atoms. The van der Waals surface area contributed by atoms with Crippen LogP contribution in [0.1, 0.15) is 24.3 Å². The highest BCUT2D eigenvalue weighted by Crippen LogP contribution is 2.17. The van der Waals surface area contributed by atoms with Crippen molar-refractivity contribution >= 4 is 5.91 Å². The van der Waals surface area contributed by atoms with Gasteiger partial charge >= 0.3 is 0 Å². The van der Waals surface area contributed by atoms with Crippen LogP contribution in [0, 0.1) is 6.92 Å². The zero-order chi connectivity index (χ0) is 19.1. The van der Waals surface area contributed by atoms with E-state index in [9.17, 15) is 4.79 Å². The summed E-state index contributed by atoms with van der Waals surface area (Å²) in [6.07, 6.45) is 1.05. The van der Waals surface area contributed by atoms with Crippen LogP contribution in [0.3, 0.4) is 0 Å². The van der Waals surface area contributed by atoms with Gasteiger partial charge in [0.15, 0.2) is 0 Å². The maximum atomic E-state index is 12.3. The van der Waals surface area contributed by atoms with Crippen molar-refractivity contribution in [2.24, 2.45) is 0 Å². The molecule has 0 atom stereocenters. The monoisotopic (exact) mass is 365 g/mol. The molecule has 6 heteroatoms. The Hall–Kier alpha value is -3.15. The molecule has 3 rings (SSSR count). The Bertz CT molecular complexity index is 877. The highest BCUT2D eigenvalue weighted by molar-refractivity contribution is 5.75. The molecule has 1 amide bonds. The van der Waals surface area contributed by atoms with Gasteiger partial charge in [0, 0.05) is 19.0 Å². The number of aryl methyl sites for hydroxylation is 1. The second kappa shape index (κ2) is 8.98. The zero-order valence-electron chi connectivity index (χ0n) is 15.6. The largest absolute Gasteiger partial charge is 0.494 e. The lowest BCUT2D eigenvalue weighted by Gasteiger charge is -2.14. The third kappa shape index (κ3) is 5.41. The van der Waals surface area contributed by atoms with Crippen molar-refractivity contribution in [3.8, 4) is 17.1 Å². The van der Waals surface area contributed by atoms with Crippen molar-refractivity contribution in [2.45, 2.75) is 26.3 Å². The van der Waals surface area contributed by atoms with E-state index < -0.39 is 0 Å². The highest BCUT2D eigenvalue weighted by Gasteiger charge is 2.14. The number of rotatable bonds is 8. The summed E-state index contributed by atoms with van der Waals surface area (Å²) in [6, 6.07) is 17.5. The quantitative estimate of drug-likeness (QED) is 0.567. The minimum absolute atomic E-state index is 0.0157. The molecule has 0 aliphatic carbocycles. The maximum Gasteiger partial charge on any atom is 0.246 e. The molecule has 0 N–H and O–H groups in total. The molecule has 0 fully saturated rings. The first-order valence-electron chi connectivity index (χ1n) is 8.93. The number of hydrogen-bond acceptors (Lipinski definition) is 5. The molecule has 0 unspecified atom stereocenters. The molecule has 2 aromatic carbocycles. The lowest BCUT2D eigenvalue weighted by molar-refractivity contribution is -0.131. The van der Waals surface area contributed by atoms with Crippen LogP contribution in [-0.4, -0.2) is 34.6 Å². The van der Waals surface area contributed by atoms with Crippen LogP contribution < -0.4 is 4.74 Å². The van der Waals surface area contributed by atoms with E-state index >= 15 is 0 Å². The Morgan fingerprint density at radius 1 is 1.15 bits per heavy atom. The van der Waals surface area contributed by atoms with Gasteiger partial charge in [-0.3, -0.25) is 4.79 Å². The highest BCUT2D eigenvalue weighted by atomic mass is 16.5. The van der Waals surface area contributed by atoms with E-state index in [1.165, 1.54) is 0 Å². The molecular weight excluding hydrogens is 342 g/mol. The third-order valence-corrected chi connectivity index (χ3v) is 4.09. The molecule has 0 saturated carbocycles. The van der Waals surface area contributed by atoms with Gasteiger partial charge in [-0.15, -0.1) is 0 Å². The van der Waals surface area contributed by atoms with Gasteiger partial charge in [-0.2, -0.15) is 4.98 Å². The number of para-hydroxylation sites is 1. The standard InChI is InChI=1S/C21H23N3O3/c1-16-8-6-9-17(14-16)21-22-19(27-23-21)15-24(2)20(25)12-7-13-26-18-10-4-3-5-11-18/h3-6,8-11,14H,7,12-13,15H2,1-2H3. The predicted octanol–water partition coefficient (Wildman–Crippen LogP) is 3.86. The van der Waals surface area contributed by atoms with Crippen LogP contribution >= 0.6 is 0 Å². The summed E-state index contributed by atoms with van der Waals surface area (Å²) in [7, 11) is 1.73. The first-order chi connectivity index (χ1) is 13.1. The van der Waals surface area contributed by atoms with Crippen LogP contribution in [0.2, 0.25) is 0 Å². The second-order valence-electron chi connectivity index (χ2n) is 6.40. The molecule has 1 aromatic heterocycles. The minimum atomic E-state index is 0.0157. The summed E-state index contributed by atoms with van der Waals surface area (Å²) in [5.41, 5.74) is 2.03. The van der Waals surface area contributed by atoms with Gasteiger partial charge in [0.2, 0.25) is 17.6 Å². The summed E-state index contributed by atoms with van der Waals surface area (Å²) in [6.45, 7) is 2.80. The Morgan fingerprint density at radius 3 is 2.74 bits per heavy atom. The van der Waals surface area contributed by atoms with Crippen LogP contribution in [-0.2, 0) is 11.3 Å². The summed E-state index contributed by atoms with van der Waals surface area (Å²) in [5.74, 6) is 1.78. The van der Waals surface area contributed by atoms with E-state index in [4.69, 9.17) is 9.26 Å². The van der Waals surface area contributed by atoms with E-state index in [1.54, 1.807) is 11.9 Å². The smallest absolute Gasteiger partial charge is 0.246 e. The third-order valence-electron chi connectivity index (χ3n) is 4.09.